The molecule has 0 aromatic heterocycles. The molecule has 0 saturated carbocycles. The number of amides is 1. The van der Waals surface area contributed by atoms with Crippen molar-refractivity contribution >= 4 is 5.91 Å². The fourth-order valence-electron chi connectivity index (χ4n) is 2.97. The molecule has 0 N–H and O–H groups in total. The second kappa shape index (κ2) is 7.17. The summed E-state index contributed by atoms with van der Waals surface area (Å²) < 4.78 is 44.1. The van der Waals surface area contributed by atoms with E-state index in [1.165, 1.54) is 29.3 Å². The Morgan fingerprint density at radius 1 is 0.960 bits per heavy atom. The van der Waals surface area contributed by atoms with E-state index in [0.717, 1.165) is 18.9 Å². The van der Waals surface area contributed by atoms with Crippen LogP contribution in [0.15, 0.2) is 48.5 Å². The maximum absolute atomic E-state index is 13.0. The molecule has 6 heteroatoms. The fraction of sp³-hybridized carbons (Fsp3) is 0.316. The molecule has 1 heterocycles. The summed E-state index contributed by atoms with van der Waals surface area (Å²) in [5, 5.41) is 0. The van der Waals surface area contributed by atoms with Gasteiger partial charge in [-0.3, -0.25) is 4.79 Å². The van der Waals surface area contributed by atoms with Crippen molar-refractivity contribution in [3.63, 3.8) is 0 Å². The van der Waals surface area contributed by atoms with E-state index in [1.54, 1.807) is 4.90 Å². The van der Waals surface area contributed by atoms with Gasteiger partial charge in [-0.05, 0) is 36.1 Å². The predicted molar refractivity (Wildman–Crippen MR) is 87.4 cm³/mol. The minimum absolute atomic E-state index is 0.301. The molecule has 3 nitrogen and oxygen atoms in total. The van der Waals surface area contributed by atoms with Gasteiger partial charge >= 0.3 is 6.18 Å². The fourth-order valence-corrected chi connectivity index (χ4v) is 2.97. The van der Waals surface area contributed by atoms with Gasteiger partial charge in [-0.15, -0.1) is 0 Å². The van der Waals surface area contributed by atoms with Crippen LogP contribution in [0.5, 0.6) is 5.75 Å². The van der Waals surface area contributed by atoms with E-state index in [0.29, 0.717) is 13.1 Å². The van der Waals surface area contributed by atoms with Crippen LogP contribution in [-0.4, -0.2) is 30.5 Å². The number of rotatable bonds is 3. The second-order valence-corrected chi connectivity index (χ2v) is 5.93. The lowest BCUT2D eigenvalue weighted by molar-refractivity contribution is -0.141. The molecule has 0 radical (unpaired) electrons. The predicted octanol–water partition coefficient (Wildman–Crippen LogP) is 3.71. The summed E-state index contributed by atoms with van der Waals surface area (Å²) >= 11 is 0. The van der Waals surface area contributed by atoms with Crippen LogP contribution in [0.1, 0.15) is 16.7 Å². The lowest BCUT2D eigenvalue weighted by Crippen LogP contribution is -2.37. The van der Waals surface area contributed by atoms with Gasteiger partial charge in [0, 0.05) is 13.1 Å². The van der Waals surface area contributed by atoms with Crippen molar-refractivity contribution in [1.82, 2.24) is 4.90 Å². The summed E-state index contributed by atoms with van der Waals surface area (Å²) in [6, 6.07) is 12.9. The molecule has 0 spiro atoms. The molecular weight excluding hydrogens is 331 g/mol. The molecular formula is C19H18F3NO2. The van der Waals surface area contributed by atoms with E-state index >= 15 is 0 Å². The van der Waals surface area contributed by atoms with Crippen molar-refractivity contribution in [2.75, 3.05) is 19.7 Å². The first-order valence-corrected chi connectivity index (χ1v) is 8.09. The van der Waals surface area contributed by atoms with E-state index in [9.17, 15) is 18.0 Å². The molecule has 1 aliphatic heterocycles. The number of alkyl halides is 3. The Kier molecular flexibility index (Phi) is 4.97. The number of nitrogens with zero attached hydrogens (tertiary/aromatic N) is 1. The van der Waals surface area contributed by atoms with Gasteiger partial charge in [0.2, 0.25) is 0 Å². The molecule has 3 rings (SSSR count). The zero-order valence-corrected chi connectivity index (χ0v) is 13.6. The topological polar surface area (TPSA) is 29.5 Å². The highest BCUT2D eigenvalue weighted by molar-refractivity contribution is 5.78. The number of carbonyl (C=O) groups excluding carboxylic acids is 1. The van der Waals surface area contributed by atoms with Gasteiger partial charge in [0.15, 0.2) is 6.61 Å². The van der Waals surface area contributed by atoms with Gasteiger partial charge in [-0.2, -0.15) is 13.2 Å². The Morgan fingerprint density at radius 2 is 1.52 bits per heavy atom. The van der Waals surface area contributed by atoms with Crippen LogP contribution < -0.4 is 4.74 Å². The third-order valence-electron chi connectivity index (χ3n) is 4.32. The Morgan fingerprint density at radius 3 is 2.12 bits per heavy atom. The molecule has 0 fully saturated rings. The summed E-state index contributed by atoms with van der Waals surface area (Å²) in [4.78, 5) is 14.0. The van der Waals surface area contributed by atoms with Gasteiger partial charge in [0.25, 0.3) is 5.91 Å². The van der Waals surface area contributed by atoms with E-state index in [2.05, 4.69) is 0 Å². The maximum atomic E-state index is 13.0. The van der Waals surface area contributed by atoms with E-state index in [1.807, 2.05) is 24.3 Å². The Hall–Kier alpha value is -2.50. The molecule has 132 valence electrons. The van der Waals surface area contributed by atoms with Crippen molar-refractivity contribution in [3.05, 3.63) is 65.2 Å². The van der Waals surface area contributed by atoms with Crippen molar-refractivity contribution < 1.29 is 22.7 Å². The van der Waals surface area contributed by atoms with Crippen LogP contribution in [0.2, 0.25) is 0 Å². The van der Waals surface area contributed by atoms with Gasteiger partial charge in [-0.25, -0.2) is 0 Å². The number of hydrogen-bond acceptors (Lipinski definition) is 2. The molecule has 0 aliphatic carbocycles. The number of benzene rings is 2. The minimum atomic E-state index is -4.51. The number of halogens is 3. The first kappa shape index (κ1) is 17.3. The summed E-state index contributed by atoms with van der Waals surface area (Å²) in [6.45, 7) is 0.684. The summed E-state index contributed by atoms with van der Waals surface area (Å²) in [5.74, 6) is -0.619. The lowest BCUT2D eigenvalue weighted by atomic mass is 10.0. The number of carbonyl (C=O) groups is 1. The molecule has 25 heavy (non-hydrogen) atoms. The van der Waals surface area contributed by atoms with Crippen molar-refractivity contribution in [2.45, 2.75) is 19.0 Å². The molecule has 0 unspecified atom stereocenters. The average Bonchev–Trinajstić information content (AvgIpc) is 2.82. The third-order valence-corrected chi connectivity index (χ3v) is 4.32. The SMILES string of the molecule is O=C(COc1ccccc1C(F)(F)F)N1CCc2ccccc2CC1. The highest BCUT2D eigenvalue weighted by atomic mass is 19.4. The number of fused-ring (bicyclic) bond motifs is 1. The standard InChI is InChI=1S/C19H18F3NO2/c20-19(21,22)16-7-3-4-8-17(16)25-13-18(24)23-11-9-14-5-1-2-6-15(14)10-12-23/h1-8H,9-13H2. The van der Waals surface area contributed by atoms with E-state index in [-0.39, 0.29) is 11.7 Å². The minimum Gasteiger partial charge on any atom is -0.483 e. The molecule has 0 atom stereocenters. The summed E-state index contributed by atoms with van der Waals surface area (Å²) in [6.07, 6.45) is -3.04. The largest absolute Gasteiger partial charge is 0.483 e. The monoisotopic (exact) mass is 349 g/mol. The average molecular weight is 349 g/mol. The normalized spacial score (nSPS) is 14.6. The van der Waals surface area contributed by atoms with Crippen LogP contribution >= 0.6 is 0 Å². The number of ether oxygens (including phenoxy) is 1. The Balaban J connectivity index is 1.63. The van der Waals surface area contributed by atoms with Gasteiger partial charge in [0.1, 0.15) is 5.75 Å². The van der Waals surface area contributed by atoms with Gasteiger partial charge in [-0.1, -0.05) is 36.4 Å². The maximum Gasteiger partial charge on any atom is 0.419 e. The first-order chi connectivity index (χ1) is 11.9. The van der Waals surface area contributed by atoms with Gasteiger partial charge in [0.05, 0.1) is 5.56 Å². The zero-order valence-electron chi connectivity index (χ0n) is 13.6. The summed E-state index contributed by atoms with van der Waals surface area (Å²) in [7, 11) is 0. The second-order valence-electron chi connectivity index (χ2n) is 5.93. The quantitative estimate of drug-likeness (QED) is 0.845. The molecule has 1 amide bonds. The smallest absolute Gasteiger partial charge is 0.419 e. The van der Waals surface area contributed by atoms with Crippen molar-refractivity contribution in [3.8, 4) is 5.75 Å². The molecule has 1 aliphatic rings. The van der Waals surface area contributed by atoms with E-state index in [4.69, 9.17) is 4.74 Å². The Labute approximate surface area is 144 Å². The van der Waals surface area contributed by atoms with Gasteiger partial charge < -0.3 is 9.64 Å². The number of para-hydroxylation sites is 1. The highest BCUT2D eigenvalue weighted by Gasteiger charge is 2.34. The van der Waals surface area contributed by atoms with E-state index < -0.39 is 18.3 Å². The molecule has 0 saturated heterocycles. The van der Waals surface area contributed by atoms with Crippen LogP contribution in [0.25, 0.3) is 0 Å². The summed E-state index contributed by atoms with van der Waals surface area (Å²) in [5.41, 5.74) is 1.55. The highest BCUT2D eigenvalue weighted by Crippen LogP contribution is 2.35. The van der Waals surface area contributed by atoms with Crippen LogP contribution in [0, 0.1) is 0 Å². The molecule has 2 aromatic rings. The zero-order chi connectivity index (χ0) is 17.9. The lowest BCUT2D eigenvalue weighted by Gasteiger charge is -2.21. The molecule has 2 aromatic carbocycles. The van der Waals surface area contributed by atoms with Crippen molar-refractivity contribution in [1.29, 1.82) is 0 Å². The van der Waals surface area contributed by atoms with Crippen molar-refractivity contribution in [2.24, 2.45) is 0 Å². The molecule has 0 bridgehead atoms. The van der Waals surface area contributed by atoms with Crippen LogP contribution in [0.4, 0.5) is 13.2 Å². The third kappa shape index (κ3) is 4.13. The Bertz CT molecular complexity index is 731. The van der Waals surface area contributed by atoms with Crippen LogP contribution in [-0.2, 0) is 23.8 Å². The number of hydrogen-bond donors (Lipinski definition) is 0. The first-order valence-electron chi connectivity index (χ1n) is 8.09. The van der Waals surface area contributed by atoms with Crippen LogP contribution in [0.3, 0.4) is 0 Å².